The zero-order valence-corrected chi connectivity index (χ0v) is 10.2. The summed E-state index contributed by atoms with van der Waals surface area (Å²) in [4.78, 5) is 0. The second-order valence-corrected chi connectivity index (χ2v) is 4.45. The zero-order valence-electron chi connectivity index (χ0n) is 9.35. The number of rotatable bonds is 5. The van der Waals surface area contributed by atoms with Gasteiger partial charge in [0.05, 0.1) is 6.61 Å². The van der Waals surface area contributed by atoms with E-state index in [4.69, 9.17) is 15.9 Å². The predicted molar refractivity (Wildman–Crippen MR) is 71.0 cm³/mol. The van der Waals surface area contributed by atoms with Crippen molar-refractivity contribution in [1.29, 1.82) is 5.41 Å². The average molecular weight is 246 g/mol. The van der Waals surface area contributed by atoms with Crippen LogP contribution in [0.3, 0.4) is 0 Å². The van der Waals surface area contributed by atoms with E-state index in [-0.39, 0.29) is 5.84 Å². The largest absolute Gasteiger partial charge is 0.493 e. The molecule has 0 spiro atoms. The third kappa shape index (κ3) is 3.32. The molecule has 1 aromatic carbocycles. The molecule has 0 amide bonds. The molecule has 3 nitrogen and oxygen atoms in total. The molecule has 0 fully saturated rings. The van der Waals surface area contributed by atoms with E-state index < -0.39 is 0 Å². The lowest BCUT2D eigenvalue weighted by Gasteiger charge is -2.06. The predicted octanol–water partition coefficient (Wildman–Crippen LogP) is 2.65. The Morgan fingerprint density at radius 2 is 2.24 bits per heavy atom. The number of hydrogen-bond donors (Lipinski definition) is 2. The highest BCUT2D eigenvalue weighted by Gasteiger charge is 2.00. The van der Waals surface area contributed by atoms with Crippen LogP contribution in [0, 0.1) is 5.41 Å². The molecule has 0 radical (unpaired) electrons. The van der Waals surface area contributed by atoms with Gasteiger partial charge in [-0.05, 0) is 34.5 Å². The van der Waals surface area contributed by atoms with E-state index >= 15 is 0 Å². The second kappa shape index (κ2) is 5.50. The zero-order chi connectivity index (χ0) is 12.1. The summed E-state index contributed by atoms with van der Waals surface area (Å²) in [7, 11) is 0. The van der Waals surface area contributed by atoms with Gasteiger partial charge in [0.2, 0.25) is 0 Å². The molecule has 0 bridgehead atoms. The number of nitrogens with one attached hydrogen (secondary N) is 1. The number of thiophene rings is 1. The molecule has 2 rings (SSSR count). The highest BCUT2D eigenvalue weighted by atomic mass is 32.1. The second-order valence-electron chi connectivity index (χ2n) is 3.67. The monoisotopic (exact) mass is 246 g/mol. The van der Waals surface area contributed by atoms with E-state index in [2.05, 4.69) is 16.8 Å². The lowest BCUT2D eigenvalue weighted by Crippen LogP contribution is -2.11. The number of ether oxygens (including phenoxy) is 1. The van der Waals surface area contributed by atoms with Crippen LogP contribution in [0.15, 0.2) is 41.1 Å². The van der Waals surface area contributed by atoms with Gasteiger partial charge < -0.3 is 10.5 Å². The van der Waals surface area contributed by atoms with Crippen molar-refractivity contribution in [3.63, 3.8) is 0 Å². The summed E-state index contributed by atoms with van der Waals surface area (Å²) in [6, 6.07) is 9.40. The van der Waals surface area contributed by atoms with Crippen LogP contribution >= 0.6 is 11.3 Å². The first-order chi connectivity index (χ1) is 8.25. The van der Waals surface area contributed by atoms with Crippen LogP contribution in [0.2, 0.25) is 0 Å². The third-order valence-electron chi connectivity index (χ3n) is 2.38. The van der Waals surface area contributed by atoms with E-state index in [1.165, 1.54) is 5.56 Å². The highest BCUT2D eigenvalue weighted by molar-refractivity contribution is 7.07. The SMILES string of the molecule is N=C(N)c1cccc(OCCc2ccsc2)c1. The molecule has 0 unspecified atom stereocenters. The van der Waals surface area contributed by atoms with E-state index in [0.717, 1.165) is 12.2 Å². The van der Waals surface area contributed by atoms with Crippen LogP contribution in [-0.2, 0) is 6.42 Å². The van der Waals surface area contributed by atoms with Crippen molar-refractivity contribution < 1.29 is 4.74 Å². The van der Waals surface area contributed by atoms with Gasteiger partial charge in [-0.3, -0.25) is 5.41 Å². The lowest BCUT2D eigenvalue weighted by molar-refractivity contribution is 0.322. The Balaban J connectivity index is 1.90. The molecule has 1 aromatic heterocycles. The van der Waals surface area contributed by atoms with Gasteiger partial charge in [0.1, 0.15) is 11.6 Å². The maximum absolute atomic E-state index is 7.35. The minimum Gasteiger partial charge on any atom is -0.493 e. The molecular weight excluding hydrogens is 232 g/mol. The summed E-state index contributed by atoms with van der Waals surface area (Å²) in [6.07, 6.45) is 0.897. The van der Waals surface area contributed by atoms with E-state index in [1.807, 2.05) is 12.1 Å². The van der Waals surface area contributed by atoms with Gasteiger partial charge in [0.25, 0.3) is 0 Å². The molecule has 88 valence electrons. The highest BCUT2D eigenvalue weighted by Crippen LogP contribution is 2.14. The van der Waals surface area contributed by atoms with Crippen molar-refractivity contribution in [1.82, 2.24) is 0 Å². The van der Waals surface area contributed by atoms with Crippen molar-refractivity contribution in [2.24, 2.45) is 5.73 Å². The first kappa shape index (κ1) is 11.7. The molecule has 17 heavy (non-hydrogen) atoms. The molecule has 3 N–H and O–H groups in total. The summed E-state index contributed by atoms with van der Waals surface area (Å²) >= 11 is 1.69. The van der Waals surface area contributed by atoms with Crippen molar-refractivity contribution in [3.05, 3.63) is 52.2 Å². The fourth-order valence-corrected chi connectivity index (χ4v) is 2.18. The summed E-state index contributed by atoms with van der Waals surface area (Å²) in [5, 5.41) is 11.5. The van der Waals surface area contributed by atoms with E-state index in [0.29, 0.717) is 12.2 Å². The van der Waals surface area contributed by atoms with Gasteiger partial charge >= 0.3 is 0 Å². The van der Waals surface area contributed by atoms with Gasteiger partial charge in [0, 0.05) is 12.0 Å². The van der Waals surface area contributed by atoms with Crippen LogP contribution in [0.5, 0.6) is 5.75 Å². The summed E-state index contributed by atoms with van der Waals surface area (Å²) in [5.74, 6) is 0.821. The standard InChI is InChI=1S/C13H14N2OS/c14-13(15)11-2-1-3-12(8-11)16-6-4-10-5-7-17-9-10/h1-3,5,7-9H,4,6H2,(H3,14,15). The molecule has 0 atom stereocenters. The molecule has 0 saturated heterocycles. The molecule has 0 aliphatic heterocycles. The van der Waals surface area contributed by atoms with E-state index in [1.54, 1.807) is 23.5 Å². The van der Waals surface area contributed by atoms with Crippen LogP contribution in [-0.4, -0.2) is 12.4 Å². The quantitative estimate of drug-likeness (QED) is 0.629. The number of hydrogen-bond acceptors (Lipinski definition) is 3. The van der Waals surface area contributed by atoms with Gasteiger partial charge in [-0.2, -0.15) is 11.3 Å². The minimum atomic E-state index is 0.0632. The van der Waals surface area contributed by atoms with Crippen molar-refractivity contribution in [3.8, 4) is 5.75 Å². The Kier molecular flexibility index (Phi) is 3.77. The fraction of sp³-hybridized carbons (Fsp3) is 0.154. The third-order valence-corrected chi connectivity index (χ3v) is 3.12. The Bertz CT molecular complexity index is 494. The van der Waals surface area contributed by atoms with Crippen LogP contribution in [0.1, 0.15) is 11.1 Å². The van der Waals surface area contributed by atoms with Crippen LogP contribution in [0.4, 0.5) is 0 Å². The summed E-state index contributed by atoms with van der Waals surface area (Å²) in [5.41, 5.74) is 7.40. The molecule has 2 aromatic rings. The topological polar surface area (TPSA) is 59.1 Å². The first-order valence-electron chi connectivity index (χ1n) is 5.34. The van der Waals surface area contributed by atoms with Crippen LogP contribution < -0.4 is 10.5 Å². The molecule has 0 saturated carbocycles. The number of nitrogen functional groups attached to an aromatic ring is 1. The Morgan fingerprint density at radius 3 is 2.94 bits per heavy atom. The molecule has 0 aliphatic rings. The van der Waals surface area contributed by atoms with Gasteiger partial charge in [-0.15, -0.1) is 0 Å². The first-order valence-corrected chi connectivity index (χ1v) is 6.28. The van der Waals surface area contributed by atoms with Crippen molar-refractivity contribution >= 4 is 17.2 Å². The average Bonchev–Trinajstić information content (AvgIpc) is 2.82. The molecule has 0 aliphatic carbocycles. The summed E-state index contributed by atoms with van der Waals surface area (Å²) in [6.45, 7) is 0.637. The van der Waals surface area contributed by atoms with Gasteiger partial charge in [-0.25, -0.2) is 0 Å². The van der Waals surface area contributed by atoms with Crippen molar-refractivity contribution in [2.75, 3.05) is 6.61 Å². The normalized spacial score (nSPS) is 10.1. The maximum Gasteiger partial charge on any atom is 0.122 e. The minimum absolute atomic E-state index is 0.0632. The number of benzene rings is 1. The Hall–Kier alpha value is -1.81. The lowest BCUT2D eigenvalue weighted by atomic mass is 10.2. The Morgan fingerprint density at radius 1 is 1.35 bits per heavy atom. The number of nitrogens with two attached hydrogens (primary N) is 1. The smallest absolute Gasteiger partial charge is 0.122 e. The van der Waals surface area contributed by atoms with E-state index in [9.17, 15) is 0 Å². The molecule has 4 heteroatoms. The maximum atomic E-state index is 7.35. The molecular formula is C13H14N2OS. The summed E-state index contributed by atoms with van der Waals surface area (Å²) < 4.78 is 5.62. The van der Waals surface area contributed by atoms with Crippen LogP contribution in [0.25, 0.3) is 0 Å². The molecule has 1 heterocycles. The Labute approximate surface area is 104 Å². The fourth-order valence-electron chi connectivity index (χ4n) is 1.48. The number of amidine groups is 1. The van der Waals surface area contributed by atoms with Crippen molar-refractivity contribution in [2.45, 2.75) is 6.42 Å². The van der Waals surface area contributed by atoms with Gasteiger partial charge in [-0.1, -0.05) is 12.1 Å². The van der Waals surface area contributed by atoms with Gasteiger partial charge in [0.15, 0.2) is 0 Å².